The molecule has 0 bridgehead atoms. The van der Waals surface area contributed by atoms with Crippen LogP contribution in [0.2, 0.25) is 0 Å². The Morgan fingerprint density at radius 2 is 1.72 bits per heavy atom. The van der Waals surface area contributed by atoms with Gasteiger partial charge in [0, 0.05) is 18.8 Å². The number of benzene rings is 2. The van der Waals surface area contributed by atoms with Gasteiger partial charge >= 0.3 is 0 Å². The Hall–Kier alpha value is -2.62. The summed E-state index contributed by atoms with van der Waals surface area (Å²) in [6, 6.07) is 17.2. The van der Waals surface area contributed by atoms with Crippen molar-refractivity contribution in [2.45, 2.75) is 32.7 Å². The number of hydrogen-bond donors (Lipinski definition) is 0. The first-order valence-corrected chi connectivity index (χ1v) is 8.84. The van der Waals surface area contributed by atoms with E-state index in [1.807, 2.05) is 60.4 Å². The van der Waals surface area contributed by atoms with Crippen LogP contribution in [0.4, 0.5) is 5.69 Å². The third-order valence-corrected chi connectivity index (χ3v) is 4.84. The molecular formula is C21H24N2O2. The molecular weight excluding hydrogens is 312 g/mol. The SMILES string of the molecule is CCc1ccccc1N1CCN(C(=O)Cc2ccccc2)C(C)C1=O. The van der Waals surface area contributed by atoms with Gasteiger partial charge in [0.1, 0.15) is 6.04 Å². The van der Waals surface area contributed by atoms with Crippen molar-refractivity contribution in [1.29, 1.82) is 0 Å². The van der Waals surface area contributed by atoms with Crippen molar-refractivity contribution in [3.05, 3.63) is 65.7 Å². The number of aryl methyl sites for hydroxylation is 1. The van der Waals surface area contributed by atoms with E-state index in [2.05, 4.69) is 13.0 Å². The second-order valence-corrected chi connectivity index (χ2v) is 6.40. The number of hydrogen-bond acceptors (Lipinski definition) is 2. The van der Waals surface area contributed by atoms with Crippen LogP contribution in [0.15, 0.2) is 54.6 Å². The van der Waals surface area contributed by atoms with E-state index in [0.717, 1.165) is 23.2 Å². The molecule has 0 spiro atoms. The van der Waals surface area contributed by atoms with Crippen molar-refractivity contribution in [1.82, 2.24) is 4.90 Å². The summed E-state index contributed by atoms with van der Waals surface area (Å²) in [6.45, 7) is 5.02. The van der Waals surface area contributed by atoms with Gasteiger partial charge in [-0.25, -0.2) is 0 Å². The Morgan fingerprint density at radius 1 is 1.04 bits per heavy atom. The van der Waals surface area contributed by atoms with Crippen LogP contribution in [0.5, 0.6) is 0 Å². The molecule has 0 saturated carbocycles. The number of carbonyl (C=O) groups excluding carboxylic acids is 2. The van der Waals surface area contributed by atoms with Gasteiger partial charge in [-0.1, -0.05) is 55.5 Å². The molecule has 0 aromatic heterocycles. The van der Waals surface area contributed by atoms with Crippen LogP contribution < -0.4 is 4.90 Å². The van der Waals surface area contributed by atoms with Crippen LogP contribution >= 0.6 is 0 Å². The molecule has 1 unspecified atom stereocenters. The quantitative estimate of drug-likeness (QED) is 0.861. The van der Waals surface area contributed by atoms with Crippen molar-refractivity contribution < 1.29 is 9.59 Å². The molecule has 4 nitrogen and oxygen atoms in total. The van der Waals surface area contributed by atoms with Crippen LogP contribution in [0.1, 0.15) is 25.0 Å². The van der Waals surface area contributed by atoms with Crippen LogP contribution in [-0.2, 0) is 22.4 Å². The lowest BCUT2D eigenvalue weighted by atomic mass is 10.1. The van der Waals surface area contributed by atoms with Gasteiger partial charge in [-0.15, -0.1) is 0 Å². The van der Waals surface area contributed by atoms with Crippen molar-refractivity contribution in [2.75, 3.05) is 18.0 Å². The molecule has 1 aliphatic heterocycles. The van der Waals surface area contributed by atoms with E-state index in [1.54, 1.807) is 4.90 Å². The number of carbonyl (C=O) groups is 2. The van der Waals surface area contributed by atoms with Gasteiger partial charge in [-0.05, 0) is 30.5 Å². The van der Waals surface area contributed by atoms with Crippen LogP contribution in [0.3, 0.4) is 0 Å². The zero-order valence-corrected chi connectivity index (χ0v) is 14.8. The summed E-state index contributed by atoms with van der Waals surface area (Å²) in [5.74, 6) is 0.00374. The Labute approximate surface area is 149 Å². The average molecular weight is 336 g/mol. The van der Waals surface area contributed by atoms with Gasteiger partial charge in [0.25, 0.3) is 0 Å². The number of para-hydroxylation sites is 1. The van der Waals surface area contributed by atoms with E-state index in [0.29, 0.717) is 19.5 Å². The van der Waals surface area contributed by atoms with Gasteiger partial charge in [-0.3, -0.25) is 9.59 Å². The summed E-state index contributed by atoms with van der Waals surface area (Å²) in [7, 11) is 0. The molecule has 0 N–H and O–H groups in total. The minimum atomic E-state index is -0.435. The Bertz CT molecular complexity index is 758. The first-order chi connectivity index (χ1) is 12.1. The molecule has 0 aliphatic carbocycles. The predicted octanol–water partition coefficient (Wildman–Crippen LogP) is 3.06. The normalized spacial score (nSPS) is 17.7. The number of nitrogens with zero attached hydrogens (tertiary/aromatic N) is 2. The first kappa shape index (κ1) is 17.2. The molecule has 0 radical (unpaired) electrons. The van der Waals surface area contributed by atoms with E-state index in [1.165, 1.54) is 0 Å². The van der Waals surface area contributed by atoms with Crippen LogP contribution in [-0.4, -0.2) is 35.8 Å². The topological polar surface area (TPSA) is 40.6 Å². The first-order valence-electron chi connectivity index (χ1n) is 8.84. The van der Waals surface area contributed by atoms with Crippen LogP contribution in [0, 0.1) is 0 Å². The maximum atomic E-state index is 12.9. The molecule has 3 rings (SSSR count). The summed E-state index contributed by atoms with van der Waals surface area (Å²) >= 11 is 0. The molecule has 1 fully saturated rings. The highest BCUT2D eigenvalue weighted by Gasteiger charge is 2.35. The fourth-order valence-corrected chi connectivity index (χ4v) is 3.40. The molecule has 2 aromatic carbocycles. The largest absolute Gasteiger partial charge is 0.329 e. The van der Waals surface area contributed by atoms with E-state index in [9.17, 15) is 9.59 Å². The molecule has 2 amide bonds. The Morgan fingerprint density at radius 3 is 2.44 bits per heavy atom. The number of anilines is 1. The van der Waals surface area contributed by atoms with Gasteiger partial charge in [-0.2, -0.15) is 0 Å². The zero-order valence-electron chi connectivity index (χ0n) is 14.8. The standard InChI is InChI=1S/C21H24N2O2/c1-3-18-11-7-8-12-19(18)23-14-13-22(16(2)21(23)25)20(24)15-17-9-5-4-6-10-17/h4-12,16H,3,13-15H2,1-2H3. The minimum absolute atomic E-state index is 0.00596. The molecule has 1 saturated heterocycles. The van der Waals surface area contributed by atoms with E-state index >= 15 is 0 Å². The summed E-state index contributed by atoms with van der Waals surface area (Å²) < 4.78 is 0. The summed E-state index contributed by atoms with van der Waals surface area (Å²) in [5.41, 5.74) is 3.11. The van der Waals surface area contributed by atoms with E-state index in [4.69, 9.17) is 0 Å². The Kier molecular flexibility index (Phi) is 5.17. The van der Waals surface area contributed by atoms with Gasteiger partial charge in [0.05, 0.1) is 6.42 Å². The molecule has 2 aromatic rings. The highest BCUT2D eigenvalue weighted by molar-refractivity contribution is 6.00. The summed E-state index contributed by atoms with van der Waals surface area (Å²) in [4.78, 5) is 29.1. The molecule has 4 heteroatoms. The number of piperazine rings is 1. The Balaban J connectivity index is 1.74. The van der Waals surface area contributed by atoms with Crippen molar-refractivity contribution in [3.8, 4) is 0 Å². The maximum absolute atomic E-state index is 12.9. The zero-order chi connectivity index (χ0) is 17.8. The van der Waals surface area contributed by atoms with E-state index in [-0.39, 0.29) is 11.8 Å². The summed E-state index contributed by atoms with van der Waals surface area (Å²) in [5, 5.41) is 0. The third kappa shape index (κ3) is 3.58. The highest BCUT2D eigenvalue weighted by Crippen LogP contribution is 2.25. The lowest BCUT2D eigenvalue weighted by molar-refractivity contribution is -0.140. The van der Waals surface area contributed by atoms with E-state index < -0.39 is 6.04 Å². The maximum Gasteiger partial charge on any atom is 0.249 e. The summed E-state index contributed by atoms with van der Waals surface area (Å²) in [6.07, 6.45) is 1.22. The second-order valence-electron chi connectivity index (χ2n) is 6.40. The van der Waals surface area contributed by atoms with Gasteiger partial charge in [0.2, 0.25) is 11.8 Å². The molecule has 25 heavy (non-hydrogen) atoms. The monoisotopic (exact) mass is 336 g/mol. The van der Waals surface area contributed by atoms with Gasteiger partial charge < -0.3 is 9.80 Å². The van der Waals surface area contributed by atoms with Crippen LogP contribution in [0.25, 0.3) is 0 Å². The average Bonchev–Trinajstić information content (AvgIpc) is 2.64. The lowest BCUT2D eigenvalue weighted by Crippen LogP contribution is -2.58. The molecule has 1 heterocycles. The molecule has 1 atom stereocenters. The molecule has 1 aliphatic rings. The third-order valence-electron chi connectivity index (χ3n) is 4.84. The fraction of sp³-hybridized carbons (Fsp3) is 0.333. The van der Waals surface area contributed by atoms with Crippen molar-refractivity contribution in [2.24, 2.45) is 0 Å². The number of rotatable bonds is 4. The molecule has 130 valence electrons. The smallest absolute Gasteiger partial charge is 0.249 e. The van der Waals surface area contributed by atoms with Crippen molar-refractivity contribution in [3.63, 3.8) is 0 Å². The second kappa shape index (κ2) is 7.51. The van der Waals surface area contributed by atoms with Gasteiger partial charge in [0.15, 0.2) is 0 Å². The number of amides is 2. The van der Waals surface area contributed by atoms with Crippen molar-refractivity contribution >= 4 is 17.5 Å². The fourth-order valence-electron chi connectivity index (χ4n) is 3.40. The predicted molar refractivity (Wildman–Crippen MR) is 99.5 cm³/mol. The lowest BCUT2D eigenvalue weighted by Gasteiger charge is -2.39. The minimum Gasteiger partial charge on any atom is -0.329 e. The highest BCUT2D eigenvalue weighted by atomic mass is 16.2.